The molecule has 0 radical (unpaired) electrons. The second-order valence-corrected chi connectivity index (χ2v) is 3.34. The van der Waals surface area contributed by atoms with E-state index in [0.29, 0.717) is 5.56 Å². The summed E-state index contributed by atoms with van der Waals surface area (Å²) < 4.78 is 0. The highest BCUT2D eigenvalue weighted by molar-refractivity contribution is 6.08. The molecule has 14 heavy (non-hydrogen) atoms. The van der Waals surface area contributed by atoms with Crippen LogP contribution >= 0.6 is 0 Å². The van der Waals surface area contributed by atoms with Crippen LogP contribution in [0.1, 0.15) is 10.4 Å². The van der Waals surface area contributed by atoms with Gasteiger partial charge in [0.25, 0.3) is 0 Å². The van der Waals surface area contributed by atoms with Gasteiger partial charge in [-0.3, -0.25) is 4.79 Å². The maximum Gasteiger partial charge on any atom is 0.150 e. The molecule has 3 heteroatoms. The van der Waals surface area contributed by atoms with E-state index in [-0.39, 0.29) is 0 Å². The van der Waals surface area contributed by atoms with Crippen LogP contribution in [0.2, 0.25) is 0 Å². The van der Waals surface area contributed by atoms with Crippen LogP contribution in [-0.4, -0.2) is 6.29 Å². The maximum absolute atomic E-state index is 10.7. The largest absolute Gasteiger partial charge is 0.300 e. The highest BCUT2D eigenvalue weighted by atomic mass is 16.1. The number of benzene rings is 2. The third-order valence-corrected chi connectivity index (χ3v) is 2.47. The summed E-state index contributed by atoms with van der Waals surface area (Å²) in [4.78, 5) is 10.7. The van der Waals surface area contributed by atoms with Crippen molar-refractivity contribution in [1.29, 1.82) is 0 Å². The van der Waals surface area contributed by atoms with Crippen LogP contribution < -0.4 is 10.9 Å². The molecule has 0 saturated heterocycles. The average molecular weight is 184 g/mol. The third kappa shape index (κ3) is 0.836. The molecule has 0 atom stereocenters. The summed E-state index contributed by atoms with van der Waals surface area (Å²) in [5.74, 6) is 0. The first-order chi connectivity index (χ1) is 6.88. The molecule has 2 aromatic carbocycles. The van der Waals surface area contributed by atoms with Gasteiger partial charge < -0.3 is 10.9 Å². The normalized spacial score (nSPS) is 12.3. The molecule has 0 unspecified atom stereocenters. The van der Waals surface area contributed by atoms with Crippen molar-refractivity contribution in [2.45, 2.75) is 0 Å². The highest BCUT2D eigenvalue weighted by Gasteiger charge is 2.13. The van der Waals surface area contributed by atoms with Gasteiger partial charge in [0.15, 0.2) is 0 Å². The van der Waals surface area contributed by atoms with Gasteiger partial charge in [0.2, 0.25) is 0 Å². The molecule has 0 aliphatic carbocycles. The minimum atomic E-state index is 0.695. The minimum absolute atomic E-state index is 0.695. The Kier molecular flexibility index (Phi) is 1.31. The molecule has 3 nitrogen and oxygen atoms in total. The second kappa shape index (κ2) is 2.48. The Morgan fingerprint density at radius 3 is 2.79 bits per heavy atom. The monoisotopic (exact) mass is 184 g/mol. The van der Waals surface area contributed by atoms with Crippen molar-refractivity contribution in [2.75, 3.05) is 10.9 Å². The Bertz CT molecular complexity index is 534. The van der Waals surface area contributed by atoms with E-state index in [0.717, 1.165) is 28.4 Å². The number of nitrogens with one attached hydrogen (secondary N) is 2. The SMILES string of the molecule is O=Cc1cc2c3c(cccc3c1)NN2. The van der Waals surface area contributed by atoms with Gasteiger partial charge in [0.1, 0.15) is 6.29 Å². The number of anilines is 2. The molecule has 2 N–H and O–H groups in total. The first-order valence-corrected chi connectivity index (χ1v) is 4.42. The predicted octanol–water partition coefficient (Wildman–Crippen LogP) is 2.40. The lowest BCUT2D eigenvalue weighted by Crippen LogP contribution is -2.00. The fourth-order valence-corrected chi connectivity index (χ4v) is 1.86. The number of carbonyl (C=O) groups is 1. The zero-order valence-corrected chi connectivity index (χ0v) is 7.37. The molecular weight excluding hydrogens is 176 g/mol. The van der Waals surface area contributed by atoms with Gasteiger partial charge in [0.05, 0.1) is 11.4 Å². The van der Waals surface area contributed by atoms with Crippen molar-refractivity contribution in [3.63, 3.8) is 0 Å². The van der Waals surface area contributed by atoms with E-state index in [2.05, 4.69) is 10.9 Å². The molecule has 0 saturated carbocycles. The van der Waals surface area contributed by atoms with Gasteiger partial charge in [-0.1, -0.05) is 12.1 Å². The van der Waals surface area contributed by atoms with Crippen LogP contribution in [0.4, 0.5) is 11.4 Å². The van der Waals surface area contributed by atoms with Gasteiger partial charge >= 0.3 is 0 Å². The molecular formula is C11H8N2O. The van der Waals surface area contributed by atoms with Crippen molar-refractivity contribution in [2.24, 2.45) is 0 Å². The van der Waals surface area contributed by atoms with Crippen LogP contribution in [0.15, 0.2) is 30.3 Å². The second-order valence-electron chi connectivity index (χ2n) is 3.34. The Hall–Kier alpha value is -2.03. The summed E-state index contributed by atoms with van der Waals surface area (Å²) in [6, 6.07) is 9.72. The number of hydrogen-bond donors (Lipinski definition) is 2. The van der Waals surface area contributed by atoms with E-state index in [9.17, 15) is 4.79 Å². The summed E-state index contributed by atoms with van der Waals surface area (Å²) in [5, 5.41) is 2.23. The lowest BCUT2D eigenvalue weighted by atomic mass is 10.1. The molecule has 0 spiro atoms. The summed E-state index contributed by atoms with van der Waals surface area (Å²) in [6.45, 7) is 0. The number of hydrazine groups is 1. The summed E-state index contributed by atoms with van der Waals surface area (Å²) in [5.41, 5.74) is 8.83. The summed E-state index contributed by atoms with van der Waals surface area (Å²) in [6.07, 6.45) is 0.864. The molecule has 0 bridgehead atoms. The van der Waals surface area contributed by atoms with Crippen LogP contribution in [0.25, 0.3) is 10.8 Å². The first kappa shape index (κ1) is 7.38. The molecule has 0 fully saturated rings. The van der Waals surface area contributed by atoms with E-state index in [1.54, 1.807) is 0 Å². The van der Waals surface area contributed by atoms with E-state index >= 15 is 0 Å². The van der Waals surface area contributed by atoms with Crippen molar-refractivity contribution < 1.29 is 4.79 Å². The van der Waals surface area contributed by atoms with Crippen LogP contribution in [0, 0.1) is 0 Å². The zero-order chi connectivity index (χ0) is 9.54. The van der Waals surface area contributed by atoms with Gasteiger partial charge in [-0.15, -0.1) is 0 Å². The molecule has 1 heterocycles. The quantitative estimate of drug-likeness (QED) is 0.668. The molecule has 1 aliphatic heterocycles. The number of aldehydes is 1. The number of rotatable bonds is 1. The number of carbonyl (C=O) groups excluding carboxylic acids is 1. The Morgan fingerprint density at radius 1 is 1.07 bits per heavy atom. The maximum atomic E-state index is 10.7. The zero-order valence-electron chi connectivity index (χ0n) is 7.37. The van der Waals surface area contributed by atoms with Gasteiger partial charge in [0, 0.05) is 10.9 Å². The minimum Gasteiger partial charge on any atom is -0.300 e. The van der Waals surface area contributed by atoms with Crippen molar-refractivity contribution in [1.82, 2.24) is 0 Å². The van der Waals surface area contributed by atoms with E-state index in [1.165, 1.54) is 0 Å². The first-order valence-electron chi connectivity index (χ1n) is 4.42. The van der Waals surface area contributed by atoms with Gasteiger partial charge in [-0.2, -0.15) is 0 Å². The fraction of sp³-hybridized carbons (Fsp3) is 0. The van der Waals surface area contributed by atoms with Crippen LogP contribution in [0.5, 0.6) is 0 Å². The summed E-state index contributed by atoms with van der Waals surface area (Å²) in [7, 11) is 0. The molecule has 0 amide bonds. The standard InChI is InChI=1S/C11H8N2O/c14-6-7-4-8-2-1-3-9-11(8)10(5-7)13-12-9/h1-6,12-13H. The van der Waals surface area contributed by atoms with Crippen LogP contribution in [0.3, 0.4) is 0 Å². The van der Waals surface area contributed by atoms with Gasteiger partial charge in [-0.25, -0.2) is 0 Å². The van der Waals surface area contributed by atoms with Crippen molar-refractivity contribution >= 4 is 28.4 Å². The summed E-state index contributed by atoms with van der Waals surface area (Å²) >= 11 is 0. The van der Waals surface area contributed by atoms with E-state index in [4.69, 9.17) is 0 Å². The molecule has 3 rings (SSSR count). The van der Waals surface area contributed by atoms with E-state index in [1.807, 2.05) is 30.3 Å². The topological polar surface area (TPSA) is 41.1 Å². The third-order valence-electron chi connectivity index (χ3n) is 2.47. The number of hydrogen-bond acceptors (Lipinski definition) is 3. The molecule has 0 aromatic heterocycles. The Morgan fingerprint density at radius 2 is 1.93 bits per heavy atom. The molecule has 68 valence electrons. The lowest BCUT2D eigenvalue weighted by molar-refractivity contribution is 0.112. The van der Waals surface area contributed by atoms with Crippen molar-refractivity contribution in [3.8, 4) is 0 Å². The van der Waals surface area contributed by atoms with Crippen molar-refractivity contribution in [3.05, 3.63) is 35.9 Å². The fourth-order valence-electron chi connectivity index (χ4n) is 1.86. The van der Waals surface area contributed by atoms with E-state index < -0.39 is 0 Å². The average Bonchev–Trinajstić information content (AvgIpc) is 2.64. The van der Waals surface area contributed by atoms with Crippen LogP contribution in [-0.2, 0) is 0 Å². The Balaban J connectivity index is 2.47. The highest BCUT2D eigenvalue weighted by Crippen LogP contribution is 2.35. The molecule has 1 aliphatic rings. The predicted molar refractivity (Wildman–Crippen MR) is 56.6 cm³/mol. The lowest BCUT2D eigenvalue weighted by Gasteiger charge is -1.99. The Labute approximate surface area is 80.7 Å². The smallest absolute Gasteiger partial charge is 0.150 e. The van der Waals surface area contributed by atoms with Gasteiger partial charge in [-0.05, 0) is 23.6 Å². The molecule has 2 aromatic rings.